The van der Waals surface area contributed by atoms with Gasteiger partial charge in [-0.15, -0.1) is 0 Å². The number of carbonyl (C=O) groups is 1. The Morgan fingerprint density at radius 2 is 1.96 bits per heavy atom. The number of aromatic nitrogens is 2. The van der Waals surface area contributed by atoms with Crippen molar-refractivity contribution in [1.82, 2.24) is 15.5 Å². The van der Waals surface area contributed by atoms with Crippen LogP contribution in [0.5, 0.6) is 0 Å². The highest BCUT2D eigenvalue weighted by Gasteiger charge is 2.21. The van der Waals surface area contributed by atoms with Crippen molar-refractivity contribution in [3.63, 3.8) is 0 Å². The van der Waals surface area contributed by atoms with Gasteiger partial charge in [-0.05, 0) is 31.2 Å². The Bertz CT molecular complexity index is 971. The molecule has 0 saturated carbocycles. The van der Waals surface area contributed by atoms with Crippen LogP contribution in [-0.2, 0) is 0 Å². The molecule has 0 aliphatic rings. The lowest BCUT2D eigenvalue weighted by molar-refractivity contribution is -0.384. The summed E-state index contributed by atoms with van der Waals surface area (Å²) in [5, 5.41) is 20.8. The second-order valence-electron chi connectivity index (χ2n) is 5.76. The lowest BCUT2D eigenvalue weighted by atomic mass is 10.1. The molecule has 3 rings (SSSR count). The fourth-order valence-electron chi connectivity index (χ4n) is 2.50. The molecule has 0 aliphatic carbocycles. The van der Waals surface area contributed by atoms with E-state index in [0.717, 1.165) is 5.56 Å². The normalized spacial score (nSPS) is 11.6. The van der Waals surface area contributed by atoms with Crippen molar-refractivity contribution in [3.8, 4) is 11.5 Å². The van der Waals surface area contributed by atoms with Gasteiger partial charge >= 0.3 is 0 Å². The Labute approximate surface area is 154 Å². The van der Waals surface area contributed by atoms with Crippen LogP contribution in [0.1, 0.15) is 29.1 Å². The van der Waals surface area contributed by atoms with E-state index in [2.05, 4.69) is 20.8 Å². The summed E-state index contributed by atoms with van der Waals surface area (Å²) in [6.45, 7) is 1.76. The van der Waals surface area contributed by atoms with Crippen LogP contribution in [0.25, 0.3) is 11.5 Å². The Morgan fingerprint density at radius 1 is 1.22 bits per heavy atom. The molecule has 0 spiro atoms. The monoisotopic (exact) mass is 367 g/mol. The Balaban J connectivity index is 1.83. The minimum atomic E-state index is -0.548. The first kappa shape index (κ1) is 18.1. The molecule has 0 aliphatic heterocycles. The Morgan fingerprint density at radius 3 is 2.63 bits per heavy atom. The number of benzene rings is 2. The van der Waals surface area contributed by atoms with Crippen LogP contribution < -0.4 is 10.6 Å². The van der Waals surface area contributed by atoms with E-state index in [1.807, 2.05) is 30.3 Å². The molecule has 0 saturated heterocycles. The maximum Gasteiger partial charge on any atom is 0.293 e. The lowest BCUT2D eigenvalue weighted by Gasteiger charge is -2.12. The summed E-state index contributed by atoms with van der Waals surface area (Å²) in [5.74, 6) is 0.325. The van der Waals surface area contributed by atoms with E-state index < -0.39 is 16.9 Å². The first-order chi connectivity index (χ1) is 13.0. The van der Waals surface area contributed by atoms with Crippen LogP contribution in [0, 0.1) is 10.1 Å². The largest absolute Gasteiger partial charge is 0.370 e. The van der Waals surface area contributed by atoms with Crippen molar-refractivity contribution < 1.29 is 14.2 Å². The quantitative estimate of drug-likeness (QED) is 0.506. The molecule has 2 N–H and O–H groups in total. The van der Waals surface area contributed by atoms with E-state index in [1.54, 1.807) is 6.92 Å². The Kier molecular flexibility index (Phi) is 5.11. The third-order valence-corrected chi connectivity index (χ3v) is 3.91. The number of nitro benzene ring substituents is 1. The first-order valence-corrected chi connectivity index (χ1v) is 8.15. The maximum absolute atomic E-state index is 11.7. The number of amides is 1. The number of nitrogens with zero attached hydrogens (tertiary/aromatic N) is 3. The fraction of sp³-hybridized carbons (Fsp3) is 0.167. The van der Waals surface area contributed by atoms with Crippen molar-refractivity contribution in [2.75, 3.05) is 12.4 Å². The molecule has 9 nitrogen and oxygen atoms in total. The number of nitrogens with one attached hydrogen (secondary N) is 2. The molecule has 1 aromatic heterocycles. The second-order valence-corrected chi connectivity index (χ2v) is 5.76. The zero-order chi connectivity index (χ0) is 19.4. The standard InChI is InChI=1S/C18H17N5O4/c1-11(16-21-18(27-22-16)12-6-4-3-5-7-12)20-14-9-8-13(17(24)19-2)10-15(14)23(25)26/h3-11,20H,1-2H3,(H,19,24). The van der Waals surface area contributed by atoms with Crippen LogP contribution in [0.15, 0.2) is 53.1 Å². The molecule has 0 radical (unpaired) electrons. The van der Waals surface area contributed by atoms with Crippen LogP contribution in [-0.4, -0.2) is 28.0 Å². The molecule has 138 valence electrons. The molecule has 27 heavy (non-hydrogen) atoms. The number of nitro groups is 1. The first-order valence-electron chi connectivity index (χ1n) is 8.15. The van der Waals surface area contributed by atoms with Crippen molar-refractivity contribution in [2.24, 2.45) is 0 Å². The Hall–Kier alpha value is -3.75. The van der Waals surface area contributed by atoms with Gasteiger partial charge in [-0.2, -0.15) is 4.98 Å². The van der Waals surface area contributed by atoms with E-state index >= 15 is 0 Å². The number of hydrogen-bond donors (Lipinski definition) is 2. The maximum atomic E-state index is 11.7. The molecular formula is C18H17N5O4. The van der Waals surface area contributed by atoms with Gasteiger partial charge in [0.15, 0.2) is 5.82 Å². The minimum Gasteiger partial charge on any atom is -0.370 e. The minimum absolute atomic E-state index is 0.202. The average Bonchev–Trinajstić information content (AvgIpc) is 3.18. The van der Waals surface area contributed by atoms with Crippen LogP contribution in [0.2, 0.25) is 0 Å². The third kappa shape index (κ3) is 3.92. The summed E-state index contributed by atoms with van der Waals surface area (Å²) in [6, 6.07) is 13.1. The predicted octanol–water partition coefficient (Wildman–Crippen LogP) is 3.18. The summed E-state index contributed by atoms with van der Waals surface area (Å²) < 4.78 is 5.26. The lowest BCUT2D eigenvalue weighted by Crippen LogP contribution is -2.18. The molecular weight excluding hydrogens is 350 g/mol. The molecule has 0 fully saturated rings. The number of carbonyl (C=O) groups excluding carboxylic acids is 1. The van der Waals surface area contributed by atoms with Gasteiger partial charge in [-0.3, -0.25) is 14.9 Å². The second kappa shape index (κ2) is 7.65. The summed E-state index contributed by atoms with van der Waals surface area (Å²) >= 11 is 0. The van der Waals surface area contributed by atoms with Gasteiger partial charge in [0.2, 0.25) is 0 Å². The molecule has 9 heteroatoms. The molecule has 1 unspecified atom stereocenters. The molecule has 0 bridgehead atoms. The summed E-state index contributed by atoms with van der Waals surface area (Å²) in [4.78, 5) is 26.9. The summed E-state index contributed by atoms with van der Waals surface area (Å²) in [6.07, 6.45) is 0. The van der Waals surface area contributed by atoms with Crippen LogP contribution >= 0.6 is 0 Å². The van der Waals surface area contributed by atoms with Gasteiger partial charge in [0.25, 0.3) is 17.5 Å². The van der Waals surface area contributed by atoms with Crippen LogP contribution in [0.4, 0.5) is 11.4 Å². The molecule has 1 amide bonds. The third-order valence-electron chi connectivity index (χ3n) is 3.91. The summed E-state index contributed by atoms with van der Waals surface area (Å²) in [7, 11) is 1.46. The smallest absolute Gasteiger partial charge is 0.293 e. The highest BCUT2D eigenvalue weighted by Crippen LogP contribution is 2.29. The fourth-order valence-corrected chi connectivity index (χ4v) is 2.50. The van der Waals surface area contributed by atoms with Gasteiger partial charge in [0.05, 0.1) is 11.0 Å². The summed E-state index contributed by atoms with van der Waals surface area (Å²) in [5.41, 5.74) is 1.03. The van der Waals surface area contributed by atoms with Gasteiger partial charge in [-0.25, -0.2) is 0 Å². The highest BCUT2D eigenvalue weighted by molar-refractivity contribution is 5.95. The zero-order valence-corrected chi connectivity index (χ0v) is 14.7. The van der Waals surface area contributed by atoms with Gasteiger partial charge in [0, 0.05) is 24.2 Å². The molecule has 3 aromatic rings. The van der Waals surface area contributed by atoms with Crippen molar-refractivity contribution in [1.29, 1.82) is 0 Å². The van der Waals surface area contributed by atoms with E-state index in [-0.39, 0.29) is 16.9 Å². The topological polar surface area (TPSA) is 123 Å². The number of anilines is 1. The number of hydrogen-bond acceptors (Lipinski definition) is 7. The number of rotatable bonds is 6. The van der Waals surface area contributed by atoms with E-state index in [0.29, 0.717) is 11.7 Å². The molecule has 2 aromatic carbocycles. The zero-order valence-electron chi connectivity index (χ0n) is 14.7. The molecule has 1 heterocycles. The van der Waals surface area contributed by atoms with E-state index in [4.69, 9.17) is 4.52 Å². The van der Waals surface area contributed by atoms with Gasteiger partial charge in [-0.1, -0.05) is 23.4 Å². The molecule has 1 atom stereocenters. The predicted molar refractivity (Wildman–Crippen MR) is 98.3 cm³/mol. The van der Waals surface area contributed by atoms with Crippen molar-refractivity contribution in [3.05, 3.63) is 70.0 Å². The van der Waals surface area contributed by atoms with Crippen LogP contribution in [0.3, 0.4) is 0 Å². The highest BCUT2D eigenvalue weighted by atomic mass is 16.6. The van der Waals surface area contributed by atoms with Gasteiger partial charge < -0.3 is 15.2 Å². The van der Waals surface area contributed by atoms with E-state index in [1.165, 1.54) is 25.2 Å². The van der Waals surface area contributed by atoms with Crippen molar-refractivity contribution in [2.45, 2.75) is 13.0 Å². The van der Waals surface area contributed by atoms with Crippen molar-refractivity contribution >= 4 is 17.3 Å². The van der Waals surface area contributed by atoms with E-state index in [9.17, 15) is 14.9 Å². The van der Waals surface area contributed by atoms with Gasteiger partial charge in [0.1, 0.15) is 5.69 Å². The average molecular weight is 367 g/mol. The SMILES string of the molecule is CNC(=O)c1ccc(NC(C)c2noc(-c3ccccc3)n2)c([N+](=O)[O-])c1.